The molecular weight excluding hydrogens is 252 g/mol. The highest BCUT2D eigenvalue weighted by molar-refractivity contribution is 5.40. The highest BCUT2D eigenvalue weighted by Crippen LogP contribution is 2.17. The van der Waals surface area contributed by atoms with Crippen LogP contribution in [0.25, 0.3) is 0 Å². The topological polar surface area (TPSA) is 56.6 Å². The van der Waals surface area contributed by atoms with Crippen LogP contribution < -0.4 is 4.90 Å². The zero-order valence-electron chi connectivity index (χ0n) is 11.6. The molecule has 20 heavy (non-hydrogen) atoms. The van der Waals surface area contributed by atoms with Crippen LogP contribution in [0, 0.1) is 0 Å². The number of anilines is 1. The van der Waals surface area contributed by atoms with Crippen molar-refractivity contribution in [1.82, 2.24) is 4.98 Å². The number of pyridine rings is 1. The molecule has 1 aromatic heterocycles. The Kier molecular flexibility index (Phi) is 5.09. The Hall–Kier alpha value is -1.91. The van der Waals surface area contributed by atoms with E-state index in [0.717, 1.165) is 11.4 Å². The lowest BCUT2D eigenvalue weighted by Crippen LogP contribution is -2.27. The van der Waals surface area contributed by atoms with Gasteiger partial charge in [-0.25, -0.2) is 4.98 Å². The summed E-state index contributed by atoms with van der Waals surface area (Å²) in [6.07, 6.45) is 1.16. The summed E-state index contributed by atoms with van der Waals surface area (Å²) in [6.45, 7) is 3.01. The smallest absolute Gasteiger partial charge is 0.128 e. The van der Waals surface area contributed by atoms with Crippen molar-refractivity contribution < 1.29 is 10.2 Å². The number of benzene rings is 1. The predicted molar refractivity (Wildman–Crippen MR) is 79.4 cm³/mol. The molecule has 0 aliphatic rings. The lowest BCUT2D eigenvalue weighted by atomic mass is 10.2. The molecule has 0 saturated carbocycles. The summed E-state index contributed by atoms with van der Waals surface area (Å²) in [5.74, 6) is 0.798. The molecule has 2 rings (SSSR count). The lowest BCUT2D eigenvalue weighted by Gasteiger charge is -2.23. The van der Waals surface area contributed by atoms with Gasteiger partial charge in [-0.05, 0) is 24.1 Å². The van der Waals surface area contributed by atoms with Crippen molar-refractivity contribution in [1.29, 1.82) is 0 Å². The Balaban J connectivity index is 2.15. The third kappa shape index (κ3) is 3.79. The van der Waals surface area contributed by atoms with E-state index in [1.807, 2.05) is 35.2 Å². The van der Waals surface area contributed by atoms with Gasteiger partial charge in [0.2, 0.25) is 0 Å². The second kappa shape index (κ2) is 7.03. The molecule has 1 atom stereocenters. The predicted octanol–water partition coefficient (Wildman–Crippen LogP) is 2.13. The van der Waals surface area contributed by atoms with Gasteiger partial charge in [-0.15, -0.1) is 0 Å². The normalized spacial score (nSPS) is 12.2. The molecule has 106 valence electrons. The molecule has 0 bridgehead atoms. The summed E-state index contributed by atoms with van der Waals surface area (Å²) in [4.78, 5) is 6.38. The van der Waals surface area contributed by atoms with Crippen LogP contribution in [0.5, 0.6) is 0 Å². The minimum absolute atomic E-state index is 0.0761. The first-order chi connectivity index (χ1) is 9.70. The quantitative estimate of drug-likeness (QED) is 0.846. The first-order valence-corrected chi connectivity index (χ1v) is 6.74. The number of aliphatic hydroxyl groups excluding tert-OH is 2. The van der Waals surface area contributed by atoms with Crippen molar-refractivity contribution >= 4 is 5.82 Å². The number of hydrogen-bond acceptors (Lipinski definition) is 4. The van der Waals surface area contributed by atoms with Crippen molar-refractivity contribution in [2.45, 2.75) is 19.6 Å². The van der Waals surface area contributed by atoms with E-state index in [4.69, 9.17) is 0 Å². The van der Waals surface area contributed by atoms with Gasteiger partial charge in [-0.3, -0.25) is 0 Å². The first kappa shape index (κ1) is 14.5. The SMILES string of the molecule is C[C@@H](O)c1ccc(N(CCO)Cc2ccccc2)nc1. The number of nitrogens with zero attached hydrogens (tertiary/aromatic N) is 2. The third-order valence-corrected chi connectivity index (χ3v) is 3.16. The zero-order valence-corrected chi connectivity index (χ0v) is 11.6. The molecule has 1 aromatic carbocycles. The van der Waals surface area contributed by atoms with Crippen molar-refractivity contribution in [3.05, 3.63) is 59.8 Å². The molecule has 0 amide bonds. The van der Waals surface area contributed by atoms with Gasteiger partial charge < -0.3 is 15.1 Å². The molecule has 0 fully saturated rings. The number of aliphatic hydroxyl groups is 2. The van der Waals surface area contributed by atoms with Gasteiger partial charge in [0.1, 0.15) is 5.82 Å². The maximum atomic E-state index is 9.50. The molecule has 1 heterocycles. The molecule has 0 radical (unpaired) electrons. The van der Waals surface area contributed by atoms with E-state index in [1.54, 1.807) is 13.1 Å². The fourth-order valence-corrected chi connectivity index (χ4v) is 2.03. The number of rotatable bonds is 6. The molecular formula is C16H20N2O2. The minimum Gasteiger partial charge on any atom is -0.395 e. The van der Waals surface area contributed by atoms with Gasteiger partial charge in [-0.2, -0.15) is 0 Å². The van der Waals surface area contributed by atoms with Crippen LogP contribution in [0.4, 0.5) is 5.82 Å². The van der Waals surface area contributed by atoms with E-state index < -0.39 is 6.10 Å². The zero-order chi connectivity index (χ0) is 14.4. The third-order valence-electron chi connectivity index (χ3n) is 3.16. The first-order valence-electron chi connectivity index (χ1n) is 6.74. The Morgan fingerprint density at radius 3 is 2.45 bits per heavy atom. The highest BCUT2D eigenvalue weighted by atomic mass is 16.3. The standard InChI is InChI=1S/C16H20N2O2/c1-13(20)15-7-8-16(17-11-15)18(9-10-19)12-14-5-3-2-4-6-14/h2-8,11,13,19-20H,9-10,12H2,1H3/t13-/m1/s1. The molecule has 0 saturated heterocycles. The average molecular weight is 272 g/mol. The second-order valence-corrected chi connectivity index (χ2v) is 4.76. The van der Waals surface area contributed by atoms with E-state index in [1.165, 1.54) is 5.56 Å². The molecule has 4 nitrogen and oxygen atoms in total. The van der Waals surface area contributed by atoms with Crippen molar-refractivity contribution in [3.63, 3.8) is 0 Å². The Morgan fingerprint density at radius 2 is 1.90 bits per heavy atom. The fourth-order valence-electron chi connectivity index (χ4n) is 2.03. The van der Waals surface area contributed by atoms with Crippen LogP contribution in [0.2, 0.25) is 0 Å². The van der Waals surface area contributed by atoms with Crippen molar-refractivity contribution in [2.24, 2.45) is 0 Å². The van der Waals surface area contributed by atoms with Gasteiger partial charge in [0, 0.05) is 19.3 Å². The fraction of sp³-hybridized carbons (Fsp3) is 0.312. The van der Waals surface area contributed by atoms with Gasteiger partial charge in [0.15, 0.2) is 0 Å². The van der Waals surface area contributed by atoms with E-state index >= 15 is 0 Å². The Labute approximate surface area is 119 Å². The van der Waals surface area contributed by atoms with Crippen LogP contribution in [0.15, 0.2) is 48.7 Å². The van der Waals surface area contributed by atoms with Gasteiger partial charge in [0.25, 0.3) is 0 Å². The maximum absolute atomic E-state index is 9.50. The number of aromatic nitrogens is 1. The van der Waals surface area contributed by atoms with Crippen LogP contribution in [-0.2, 0) is 6.54 Å². The molecule has 2 aromatic rings. The van der Waals surface area contributed by atoms with Crippen LogP contribution in [0.3, 0.4) is 0 Å². The summed E-state index contributed by atoms with van der Waals surface area (Å²) in [6, 6.07) is 13.8. The average Bonchev–Trinajstić information content (AvgIpc) is 2.48. The molecule has 0 aliphatic carbocycles. The van der Waals surface area contributed by atoms with E-state index in [-0.39, 0.29) is 6.61 Å². The van der Waals surface area contributed by atoms with Crippen LogP contribution in [0.1, 0.15) is 24.2 Å². The maximum Gasteiger partial charge on any atom is 0.128 e. The highest BCUT2D eigenvalue weighted by Gasteiger charge is 2.09. The van der Waals surface area contributed by atoms with E-state index in [9.17, 15) is 10.2 Å². The van der Waals surface area contributed by atoms with Crippen molar-refractivity contribution in [3.8, 4) is 0 Å². The van der Waals surface area contributed by atoms with E-state index in [2.05, 4.69) is 17.1 Å². The summed E-state index contributed by atoms with van der Waals surface area (Å²) in [5, 5.41) is 18.7. The Bertz CT molecular complexity index is 512. The van der Waals surface area contributed by atoms with E-state index in [0.29, 0.717) is 13.1 Å². The molecule has 0 unspecified atom stereocenters. The summed E-state index contributed by atoms with van der Waals surface area (Å²) >= 11 is 0. The number of hydrogen-bond donors (Lipinski definition) is 2. The molecule has 0 aliphatic heterocycles. The van der Waals surface area contributed by atoms with Crippen molar-refractivity contribution in [2.75, 3.05) is 18.1 Å². The largest absolute Gasteiger partial charge is 0.395 e. The van der Waals surface area contributed by atoms with Crippen LogP contribution in [-0.4, -0.2) is 28.3 Å². The van der Waals surface area contributed by atoms with Gasteiger partial charge >= 0.3 is 0 Å². The second-order valence-electron chi connectivity index (χ2n) is 4.76. The Morgan fingerprint density at radius 1 is 1.15 bits per heavy atom. The monoisotopic (exact) mass is 272 g/mol. The van der Waals surface area contributed by atoms with Crippen LogP contribution >= 0.6 is 0 Å². The minimum atomic E-state index is -0.517. The molecule has 0 spiro atoms. The van der Waals surface area contributed by atoms with Gasteiger partial charge in [0.05, 0.1) is 12.7 Å². The summed E-state index contributed by atoms with van der Waals surface area (Å²) in [7, 11) is 0. The van der Waals surface area contributed by atoms with Gasteiger partial charge in [-0.1, -0.05) is 36.4 Å². The molecule has 4 heteroatoms. The molecule has 2 N–H and O–H groups in total. The summed E-state index contributed by atoms with van der Waals surface area (Å²) < 4.78 is 0. The lowest BCUT2D eigenvalue weighted by molar-refractivity contribution is 0.199. The summed E-state index contributed by atoms with van der Waals surface area (Å²) in [5.41, 5.74) is 1.96.